The van der Waals surface area contributed by atoms with Crippen LogP contribution in [0.2, 0.25) is 0 Å². The summed E-state index contributed by atoms with van der Waals surface area (Å²) in [5.41, 5.74) is 0.969. The Hall–Kier alpha value is -1.64. The number of hydrogen-bond acceptors (Lipinski definition) is 3. The van der Waals surface area contributed by atoms with Crippen LogP contribution in [0.3, 0.4) is 0 Å². The van der Waals surface area contributed by atoms with Gasteiger partial charge in [-0.3, -0.25) is 9.59 Å². The van der Waals surface area contributed by atoms with E-state index in [1.807, 2.05) is 0 Å². The fourth-order valence-corrected chi connectivity index (χ4v) is 1.20. The van der Waals surface area contributed by atoms with Gasteiger partial charge in [0.1, 0.15) is 5.75 Å². The van der Waals surface area contributed by atoms with Gasteiger partial charge in [-0.15, -0.1) is 0 Å². The standard InChI is InChI=1S/C11H12O3/c1-7(12)9-4-5-11(14-3)10(6-9)8(2)13/h4-6H,1-3H3. The van der Waals surface area contributed by atoms with Gasteiger partial charge in [-0.2, -0.15) is 0 Å². The molecule has 0 aliphatic carbocycles. The minimum Gasteiger partial charge on any atom is -0.496 e. The molecule has 3 heteroatoms. The first-order valence-electron chi connectivity index (χ1n) is 4.26. The molecule has 0 atom stereocenters. The molecule has 0 unspecified atom stereocenters. The summed E-state index contributed by atoms with van der Waals surface area (Å²) in [6.45, 7) is 2.91. The SMILES string of the molecule is COc1ccc(C(C)=O)cc1C(C)=O. The molecular weight excluding hydrogens is 180 g/mol. The molecule has 0 radical (unpaired) electrons. The van der Waals surface area contributed by atoms with Gasteiger partial charge < -0.3 is 4.74 Å². The maximum Gasteiger partial charge on any atom is 0.163 e. The van der Waals surface area contributed by atoms with Crippen molar-refractivity contribution in [1.82, 2.24) is 0 Å². The van der Waals surface area contributed by atoms with Crippen molar-refractivity contribution in [3.05, 3.63) is 29.3 Å². The summed E-state index contributed by atoms with van der Waals surface area (Å²) >= 11 is 0. The van der Waals surface area contributed by atoms with Crippen molar-refractivity contribution in [3.63, 3.8) is 0 Å². The Morgan fingerprint density at radius 2 is 1.79 bits per heavy atom. The molecule has 0 aromatic heterocycles. The third-order valence-corrected chi connectivity index (χ3v) is 1.99. The number of ether oxygens (including phenoxy) is 1. The van der Waals surface area contributed by atoms with Crippen molar-refractivity contribution < 1.29 is 14.3 Å². The highest BCUT2D eigenvalue weighted by molar-refractivity contribution is 6.01. The minimum atomic E-state index is -0.107. The summed E-state index contributed by atoms with van der Waals surface area (Å²) < 4.78 is 5.01. The third kappa shape index (κ3) is 1.99. The number of benzene rings is 1. The van der Waals surface area contributed by atoms with Gasteiger partial charge in [0, 0.05) is 5.56 Å². The van der Waals surface area contributed by atoms with Gasteiger partial charge in [-0.25, -0.2) is 0 Å². The average molecular weight is 192 g/mol. The van der Waals surface area contributed by atoms with Crippen molar-refractivity contribution in [2.24, 2.45) is 0 Å². The normalized spacial score (nSPS) is 9.64. The van der Waals surface area contributed by atoms with E-state index in [1.165, 1.54) is 21.0 Å². The van der Waals surface area contributed by atoms with Crippen molar-refractivity contribution in [1.29, 1.82) is 0 Å². The monoisotopic (exact) mass is 192 g/mol. The lowest BCUT2D eigenvalue weighted by molar-refractivity contribution is 0.101. The molecule has 0 aliphatic heterocycles. The lowest BCUT2D eigenvalue weighted by atomic mass is 10.0. The fraction of sp³-hybridized carbons (Fsp3) is 0.273. The van der Waals surface area contributed by atoms with E-state index in [0.29, 0.717) is 16.9 Å². The van der Waals surface area contributed by atoms with Gasteiger partial charge >= 0.3 is 0 Å². The number of Topliss-reactive ketones (excluding diaryl/α,β-unsaturated/α-hetero) is 2. The zero-order chi connectivity index (χ0) is 10.7. The summed E-state index contributed by atoms with van der Waals surface area (Å²) in [4.78, 5) is 22.3. The number of ketones is 2. The second-order valence-electron chi connectivity index (χ2n) is 3.03. The van der Waals surface area contributed by atoms with Crippen LogP contribution in [0.4, 0.5) is 0 Å². The van der Waals surface area contributed by atoms with E-state index in [2.05, 4.69) is 0 Å². The van der Waals surface area contributed by atoms with Crippen LogP contribution < -0.4 is 4.74 Å². The van der Waals surface area contributed by atoms with Crippen LogP contribution in [-0.2, 0) is 0 Å². The average Bonchev–Trinajstić information content (AvgIpc) is 2.16. The highest BCUT2D eigenvalue weighted by atomic mass is 16.5. The van der Waals surface area contributed by atoms with E-state index in [4.69, 9.17) is 4.74 Å². The molecule has 14 heavy (non-hydrogen) atoms. The molecule has 1 aromatic carbocycles. The predicted molar refractivity (Wildman–Crippen MR) is 53.0 cm³/mol. The number of carbonyl (C=O) groups excluding carboxylic acids is 2. The molecule has 0 saturated carbocycles. The minimum absolute atomic E-state index is 0.0600. The summed E-state index contributed by atoms with van der Waals surface area (Å²) in [5.74, 6) is 0.336. The van der Waals surface area contributed by atoms with Gasteiger partial charge in [0.15, 0.2) is 11.6 Å². The molecule has 1 aromatic rings. The van der Waals surface area contributed by atoms with Crippen LogP contribution in [0.15, 0.2) is 18.2 Å². The zero-order valence-electron chi connectivity index (χ0n) is 8.46. The second kappa shape index (κ2) is 4.05. The Labute approximate surface area is 82.7 Å². The molecule has 0 amide bonds. The van der Waals surface area contributed by atoms with Crippen LogP contribution in [-0.4, -0.2) is 18.7 Å². The molecule has 0 heterocycles. The van der Waals surface area contributed by atoms with Gasteiger partial charge in [-0.1, -0.05) is 0 Å². The quantitative estimate of drug-likeness (QED) is 0.689. The van der Waals surface area contributed by atoms with Crippen LogP contribution in [0.5, 0.6) is 5.75 Å². The maximum absolute atomic E-state index is 11.2. The highest BCUT2D eigenvalue weighted by Gasteiger charge is 2.10. The molecule has 0 N–H and O–H groups in total. The van der Waals surface area contributed by atoms with E-state index in [-0.39, 0.29) is 11.6 Å². The van der Waals surface area contributed by atoms with Crippen molar-refractivity contribution in [2.45, 2.75) is 13.8 Å². The molecule has 0 saturated heterocycles. The Kier molecular flexibility index (Phi) is 3.02. The van der Waals surface area contributed by atoms with Gasteiger partial charge in [0.2, 0.25) is 0 Å². The lowest BCUT2D eigenvalue weighted by Gasteiger charge is -2.06. The first kappa shape index (κ1) is 10.4. The Balaban J connectivity index is 3.27. The van der Waals surface area contributed by atoms with Crippen molar-refractivity contribution in [2.75, 3.05) is 7.11 Å². The number of hydrogen-bond donors (Lipinski definition) is 0. The summed E-state index contributed by atoms with van der Waals surface area (Å²) in [6, 6.07) is 4.84. The fourth-order valence-electron chi connectivity index (χ4n) is 1.20. The third-order valence-electron chi connectivity index (χ3n) is 1.99. The van der Waals surface area contributed by atoms with Crippen molar-refractivity contribution >= 4 is 11.6 Å². The first-order chi connectivity index (χ1) is 6.56. The lowest BCUT2D eigenvalue weighted by Crippen LogP contribution is -2.01. The van der Waals surface area contributed by atoms with Gasteiger partial charge in [0.25, 0.3) is 0 Å². The Bertz CT molecular complexity index is 380. The molecule has 0 fully saturated rings. The molecule has 3 nitrogen and oxygen atoms in total. The molecule has 74 valence electrons. The van der Waals surface area contributed by atoms with Gasteiger partial charge in [-0.05, 0) is 32.0 Å². The van der Waals surface area contributed by atoms with Crippen LogP contribution in [0.25, 0.3) is 0 Å². The van der Waals surface area contributed by atoms with E-state index < -0.39 is 0 Å². The highest BCUT2D eigenvalue weighted by Crippen LogP contribution is 2.20. The van der Waals surface area contributed by atoms with Crippen LogP contribution in [0.1, 0.15) is 34.6 Å². The molecule has 0 bridgehead atoms. The molecular formula is C11H12O3. The van der Waals surface area contributed by atoms with Crippen LogP contribution in [0, 0.1) is 0 Å². The number of carbonyl (C=O) groups is 2. The van der Waals surface area contributed by atoms with Gasteiger partial charge in [0.05, 0.1) is 12.7 Å². The molecule has 0 spiro atoms. The summed E-state index contributed by atoms with van der Waals surface area (Å²) in [6.07, 6.45) is 0. The zero-order valence-corrected chi connectivity index (χ0v) is 8.46. The Morgan fingerprint density at radius 1 is 1.14 bits per heavy atom. The molecule has 0 aliphatic rings. The largest absolute Gasteiger partial charge is 0.496 e. The van der Waals surface area contributed by atoms with E-state index in [9.17, 15) is 9.59 Å². The van der Waals surface area contributed by atoms with E-state index >= 15 is 0 Å². The maximum atomic E-state index is 11.2. The van der Waals surface area contributed by atoms with E-state index in [0.717, 1.165) is 0 Å². The number of rotatable bonds is 3. The van der Waals surface area contributed by atoms with Crippen LogP contribution >= 0.6 is 0 Å². The summed E-state index contributed by atoms with van der Waals surface area (Å²) in [7, 11) is 1.50. The smallest absolute Gasteiger partial charge is 0.163 e. The second-order valence-corrected chi connectivity index (χ2v) is 3.03. The molecule has 1 rings (SSSR count). The Morgan fingerprint density at radius 3 is 2.21 bits per heavy atom. The van der Waals surface area contributed by atoms with Crippen molar-refractivity contribution in [3.8, 4) is 5.75 Å². The topological polar surface area (TPSA) is 43.4 Å². The summed E-state index contributed by atoms with van der Waals surface area (Å²) in [5, 5.41) is 0. The first-order valence-corrected chi connectivity index (χ1v) is 4.26. The predicted octanol–water partition coefficient (Wildman–Crippen LogP) is 2.10. The van der Waals surface area contributed by atoms with E-state index in [1.54, 1.807) is 18.2 Å². The number of methoxy groups -OCH3 is 1.